The number of aliphatic carboxylic acids is 1. The van der Waals surface area contributed by atoms with E-state index < -0.39 is 27.5 Å². The van der Waals surface area contributed by atoms with E-state index in [1.54, 1.807) is 37.6 Å². The summed E-state index contributed by atoms with van der Waals surface area (Å²) in [4.78, 5) is 10.8. The molecule has 2 rings (SSSR count). The third-order valence-electron chi connectivity index (χ3n) is 4.87. The van der Waals surface area contributed by atoms with Crippen molar-refractivity contribution in [3.63, 3.8) is 0 Å². The zero-order valence-electron chi connectivity index (χ0n) is 18.2. The first-order valence-corrected chi connectivity index (χ1v) is 11.3. The molecular weight excluding hydrogens is 445 g/mol. The summed E-state index contributed by atoms with van der Waals surface area (Å²) in [5, 5.41) is 13.4. The lowest BCUT2D eigenvalue weighted by atomic mass is 10.1. The molecular formula is C22H25F3N2O4S. The minimum atomic E-state index is -4.53. The lowest BCUT2D eigenvalue weighted by Crippen LogP contribution is -2.10. The highest BCUT2D eigenvalue weighted by atomic mass is 32.2. The number of carboxylic acids is 1. The lowest BCUT2D eigenvalue weighted by molar-refractivity contribution is -0.138. The predicted molar refractivity (Wildman–Crippen MR) is 114 cm³/mol. The Morgan fingerprint density at radius 3 is 2.19 bits per heavy atom. The van der Waals surface area contributed by atoms with E-state index in [0.29, 0.717) is 23.4 Å². The Balaban J connectivity index is 2.12. The van der Waals surface area contributed by atoms with E-state index in [0.717, 1.165) is 35.5 Å². The molecule has 0 radical (unpaired) electrons. The standard InChI is InChI=1S/C22H25F3N2O4S/c1-14(12-27-17(4)20(11-21(28)29)16(3)26-27)5-6-15(2)13-32(30,31)19-9-7-18(8-10-19)22(23,24)25/h5-10H,11-13H2,1-4H3,(H,28,29). The van der Waals surface area contributed by atoms with Crippen LogP contribution in [0.5, 0.6) is 0 Å². The summed E-state index contributed by atoms with van der Waals surface area (Å²) in [6.07, 6.45) is -1.26. The van der Waals surface area contributed by atoms with Crippen LogP contribution >= 0.6 is 0 Å². The summed E-state index contributed by atoms with van der Waals surface area (Å²) >= 11 is 0. The average molecular weight is 471 g/mol. The number of aromatic nitrogens is 2. The van der Waals surface area contributed by atoms with Gasteiger partial charge in [-0.05, 0) is 52.0 Å². The number of carbonyl (C=O) groups is 1. The Morgan fingerprint density at radius 2 is 1.66 bits per heavy atom. The summed E-state index contributed by atoms with van der Waals surface area (Å²) in [6.45, 7) is 7.41. The molecule has 0 unspecified atom stereocenters. The molecule has 1 aromatic heterocycles. The first-order chi connectivity index (χ1) is 14.7. The van der Waals surface area contributed by atoms with E-state index in [1.807, 2.05) is 6.92 Å². The van der Waals surface area contributed by atoms with Crippen molar-refractivity contribution in [1.82, 2.24) is 9.78 Å². The van der Waals surface area contributed by atoms with E-state index in [-0.39, 0.29) is 17.1 Å². The van der Waals surface area contributed by atoms with Crippen LogP contribution in [0.2, 0.25) is 0 Å². The highest BCUT2D eigenvalue weighted by molar-refractivity contribution is 7.91. The van der Waals surface area contributed by atoms with Crippen molar-refractivity contribution in [3.05, 3.63) is 70.1 Å². The zero-order valence-corrected chi connectivity index (χ0v) is 19.0. The zero-order chi connectivity index (χ0) is 24.3. The minimum absolute atomic E-state index is 0.110. The number of aryl methyl sites for hydroxylation is 1. The Hall–Kier alpha value is -2.88. The largest absolute Gasteiger partial charge is 0.481 e. The number of allylic oxidation sites excluding steroid dienone is 3. The van der Waals surface area contributed by atoms with Gasteiger partial charge in [-0.25, -0.2) is 8.42 Å². The summed E-state index contributed by atoms with van der Waals surface area (Å²) in [5.74, 6) is -1.26. The smallest absolute Gasteiger partial charge is 0.416 e. The van der Waals surface area contributed by atoms with Crippen molar-refractivity contribution in [2.45, 2.75) is 51.7 Å². The lowest BCUT2D eigenvalue weighted by Gasteiger charge is -2.09. The first-order valence-electron chi connectivity index (χ1n) is 9.68. The molecule has 6 nitrogen and oxygen atoms in total. The summed E-state index contributed by atoms with van der Waals surface area (Å²) < 4.78 is 64.7. The SMILES string of the molecule is CC(=CC=C(C)CS(=O)(=O)c1ccc(C(F)(F)F)cc1)Cn1nc(C)c(CC(=O)O)c1C. The number of carboxylic acid groups (broad SMARTS) is 1. The Bertz CT molecular complexity index is 1160. The van der Waals surface area contributed by atoms with Gasteiger partial charge in [0.2, 0.25) is 0 Å². The van der Waals surface area contributed by atoms with E-state index in [2.05, 4.69) is 5.10 Å². The van der Waals surface area contributed by atoms with Crippen molar-refractivity contribution in [3.8, 4) is 0 Å². The van der Waals surface area contributed by atoms with Crippen LogP contribution in [0.4, 0.5) is 13.2 Å². The maximum atomic E-state index is 12.7. The minimum Gasteiger partial charge on any atom is -0.481 e. The fourth-order valence-electron chi connectivity index (χ4n) is 3.15. The molecule has 0 saturated heterocycles. The molecule has 1 N–H and O–H groups in total. The second-order valence-electron chi connectivity index (χ2n) is 7.68. The van der Waals surface area contributed by atoms with Crippen LogP contribution in [-0.4, -0.2) is 35.0 Å². The molecule has 0 aliphatic rings. The van der Waals surface area contributed by atoms with Gasteiger partial charge in [-0.15, -0.1) is 0 Å². The normalized spacial score (nSPS) is 13.5. The van der Waals surface area contributed by atoms with Crippen LogP contribution in [0.3, 0.4) is 0 Å². The van der Waals surface area contributed by atoms with Gasteiger partial charge in [0, 0.05) is 11.3 Å². The van der Waals surface area contributed by atoms with Crippen molar-refractivity contribution in [2.24, 2.45) is 0 Å². The van der Waals surface area contributed by atoms with Crippen molar-refractivity contribution in [2.75, 3.05) is 5.75 Å². The molecule has 0 atom stereocenters. The van der Waals surface area contributed by atoms with Crippen molar-refractivity contribution < 1.29 is 31.5 Å². The van der Waals surface area contributed by atoms with E-state index >= 15 is 0 Å². The van der Waals surface area contributed by atoms with E-state index in [1.165, 1.54) is 0 Å². The van der Waals surface area contributed by atoms with Gasteiger partial charge in [0.05, 0.1) is 34.9 Å². The molecule has 2 aromatic rings. The summed E-state index contributed by atoms with van der Waals surface area (Å²) in [5.41, 5.74) is 2.54. The second kappa shape index (κ2) is 9.72. The second-order valence-corrected chi connectivity index (χ2v) is 9.67. The van der Waals surface area contributed by atoms with Gasteiger partial charge >= 0.3 is 12.1 Å². The van der Waals surface area contributed by atoms with Crippen LogP contribution < -0.4 is 0 Å². The molecule has 0 aliphatic carbocycles. The molecule has 1 heterocycles. The first kappa shape index (κ1) is 25.4. The van der Waals surface area contributed by atoms with E-state index in [4.69, 9.17) is 5.11 Å². The Morgan fingerprint density at radius 1 is 1.09 bits per heavy atom. The molecule has 1 aromatic carbocycles. The van der Waals surface area contributed by atoms with Gasteiger partial charge in [-0.1, -0.05) is 23.3 Å². The maximum absolute atomic E-state index is 12.7. The number of nitrogens with zero attached hydrogens (tertiary/aromatic N) is 2. The quantitative estimate of drug-likeness (QED) is 0.574. The monoisotopic (exact) mass is 470 g/mol. The van der Waals surface area contributed by atoms with Gasteiger partial charge in [-0.2, -0.15) is 18.3 Å². The number of alkyl halides is 3. The predicted octanol–water partition coefficient (Wildman–Crippen LogP) is 4.51. The molecule has 10 heteroatoms. The number of hydrogen-bond donors (Lipinski definition) is 1. The van der Waals surface area contributed by atoms with Gasteiger partial charge in [-0.3, -0.25) is 9.48 Å². The van der Waals surface area contributed by atoms with Crippen LogP contribution in [0.1, 0.15) is 36.4 Å². The molecule has 0 bridgehead atoms. The van der Waals surface area contributed by atoms with E-state index in [9.17, 15) is 26.4 Å². The Kier molecular flexibility index (Phi) is 7.71. The van der Waals surface area contributed by atoms with Crippen LogP contribution in [0.25, 0.3) is 0 Å². The number of sulfone groups is 1. The average Bonchev–Trinajstić information content (AvgIpc) is 2.92. The van der Waals surface area contributed by atoms with Crippen molar-refractivity contribution in [1.29, 1.82) is 0 Å². The van der Waals surface area contributed by atoms with Crippen LogP contribution in [-0.2, 0) is 33.8 Å². The number of halogens is 3. The molecule has 0 amide bonds. The van der Waals surface area contributed by atoms with Gasteiger partial charge in [0.15, 0.2) is 9.84 Å². The molecule has 0 spiro atoms. The molecule has 0 saturated carbocycles. The molecule has 0 fully saturated rings. The molecule has 174 valence electrons. The topological polar surface area (TPSA) is 89.3 Å². The maximum Gasteiger partial charge on any atom is 0.416 e. The molecule has 0 aliphatic heterocycles. The van der Waals surface area contributed by atoms with Crippen LogP contribution in [0, 0.1) is 13.8 Å². The number of benzene rings is 1. The highest BCUT2D eigenvalue weighted by Gasteiger charge is 2.30. The number of rotatable bonds is 8. The summed E-state index contributed by atoms with van der Waals surface area (Å²) in [7, 11) is -3.79. The van der Waals surface area contributed by atoms with Crippen LogP contribution in [0.15, 0.2) is 52.5 Å². The highest BCUT2D eigenvalue weighted by Crippen LogP contribution is 2.30. The van der Waals surface area contributed by atoms with Crippen molar-refractivity contribution >= 4 is 15.8 Å². The summed E-state index contributed by atoms with van der Waals surface area (Å²) in [6, 6.07) is 3.43. The fourth-order valence-corrected chi connectivity index (χ4v) is 4.56. The van der Waals surface area contributed by atoms with Gasteiger partial charge in [0.25, 0.3) is 0 Å². The van der Waals surface area contributed by atoms with Gasteiger partial charge < -0.3 is 5.11 Å². The Labute approximate surface area is 185 Å². The number of hydrogen-bond acceptors (Lipinski definition) is 4. The molecule has 32 heavy (non-hydrogen) atoms. The fraction of sp³-hybridized carbons (Fsp3) is 0.364. The third kappa shape index (κ3) is 6.56. The van der Waals surface area contributed by atoms with Gasteiger partial charge in [0.1, 0.15) is 0 Å². The third-order valence-corrected chi connectivity index (χ3v) is 6.70.